The molecule has 0 atom stereocenters. The van der Waals surface area contributed by atoms with Crippen LogP contribution in [0, 0.1) is 0 Å². The van der Waals surface area contributed by atoms with E-state index in [0.29, 0.717) is 22.3 Å². The smallest absolute Gasteiger partial charge is 0.285 e. The lowest BCUT2D eigenvalue weighted by Crippen LogP contribution is -2.37. The van der Waals surface area contributed by atoms with Gasteiger partial charge in [0, 0.05) is 10.8 Å². The van der Waals surface area contributed by atoms with Crippen molar-refractivity contribution in [3.05, 3.63) is 35.4 Å². The molecule has 3 rings (SSSR count). The third-order valence-corrected chi connectivity index (χ3v) is 3.35. The topological polar surface area (TPSA) is 76.1 Å². The molecule has 1 heterocycles. The minimum absolute atomic E-state index is 0.114. The first kappa shape index (κ1) is 12.4. The number of hydroxylamine groups is 2. The average molecular weight is 273 g/mol. The van der Waals surface area contributed by atoms with Gasteiger partial charge in [0.25, 0.3) is 11.8 Å². The fraction of sp³-hybridized carbons (Fsp3) is 0.143. The van der Waals surface area contributed by atoms with Crippen molar-refractivity contribution in [2.45, 2.75) is 0 Å². The quantitative estimate of drug-likeness (QED) is 0.667. The number of imide groups is 1. The second-order valence-corrected chi connectivity index (χ2v) is 4.31. The van der Waals surface area contributed by atoms with E-state index in [4.69, 9.17) is 9.47 Å². The molecule has 0 unspecified atom stereocenters. The van der Waals surface area contributed by atoms with Crippen LogP contribution in [-0.2, 0) is 0 Å². The molecule has 0 saturated carbocycles. The Morgan fingerprint density at radius 3 is 2.40 bits per heavy atom. The molecule has 2 aromatic carbocycles. The number of carbonyl (C=O) groups excluding carboxylic acids is 2. The number of methoxy groups -OCH3 is 2. The average Bonchev–Trinajstić information content (AvgIpc) is 2.49. The van der Waals surface area contributed by atoms with E-state index >= 15 is 0 Å². The van der Waals surface area contributed by atoms with Gasteiger partial charge < -0.3 is 9.47 Å². The second kappa shape index (κ2) is 4.21. The van der Waals surface area contributed by atoms with Crippen LogP contribution in [-0.4, -0.2) is 36.3 Å². The highest BCUT2D eigenvalue weighted by atomic mass is 16.5. The van der Waals surface area contributed by atoms with Crippen LogP contribution in [0.5, 0.6) is 11.5 Å². The van der Waals surface area contributed by atoms with Gasteiger partial charge in [-0.25, -0.2) is 0 Å². The second-order valence-electron chi connectivity index (χ2n) is 4.31. The Morgan fingerprint density at radius 1 is 1.05 bits per heavy atom. The van der Waals surface area contributed by atoms with Crippen molar-refractivity contribution in [3.63, 3.8) is 0 Å². The van der Waals surface area contributed by atoms with E-state index in [2.05, 4.69) is 0 Å². The molecule has 0 aliphatic carbocycles. The summed E-state index contributed by atoms with van der Waals surface area (Å²) in [7, 11) is 2.94. The zero-order valence-electron chi connectivity index (χ0n) is 10.8. The molecular formula is C14H11NO5. The summed E-state index contributed by atoms with van der Waals surface area (Å²) < 4.78 is 10.5. The molecule has 6 heteroatoms. The third kappa shape index (κ3) is 1.42. The number of rotatable bonds is 2. The molecule has 0 spiro atoms. The van der Waals surface area contributed by atoms with E-state index in [-0.39, 0.29) is 16.2 Å². The van der Waals surface area contributed by atoms with Gasteiger partial charge in [-0.05, 0) is 12.1 Å². The van der Waals surface area contributed by atoms with Crippen molar-refractivity contribution in [2.24, 2.45) is 0 Å². The summed E-state index contributed by atoms with van der Waals surface area (Å²) in [4.78, 5) is 24.0. The summed E-state index contributed by atoms with van der Waals surface area (Å²) >= 11 is 0. The Kier molecular flexibility index (Phi) is 2.62. The van der Waals surface area contributed by atoms with Gasteiger partial charge in [0.05, 0.1) is 25.3 Å². The molecule has 6 nitrogen and oxygen atoms in total. The van der Waals surface area contributed by atoms with Gasteiger partial charge in [0.1, 0.15) is 0 Å². The Balaban J connectivity index is 2.51. The van der Waals surface area contributed by atoms with E-state index in [1.165, 1.54) is 20.3 Å². The molecule has 2 aromatic rings. The van der Waals surface area contributed by atoms with Gasteiger partial charge in [-0.15, -0.1) is 5.06 Å². The van der Waals surface area contributed by atoms with Crippen molar-refractivity contribution >= 4 is 22.6 Å². The number of hydrogen-bond acceptors (Lipinski definition) is 5. The monoisotopic (exact) mass is 273 g/mol. The Bertz CT molecular complexity index is 753. The first-order valence-corrected chi connectivity index (χ1v) is 5.85. The number of carbonyl (C=O) groups is 2. The van der Waals surface area contributed by atoms with E-state index in [1.807, 2.05) is 0 Å². The van der Waals surface area contributed by atoms with E-state index in [0.717, 1.165) is 0 Å². The first-order valence-electron chi connectivity index (χ1n) is 5.85. The van der Waals surface area contributed by atoms with E-state index in [1.54, 1.807) is 18.2 Å². The molecule has 0 fully saturated rings. The predicted octanol–water partition coefficient (Wildman–Crippen LogP) is 1.84. The van der Waals surface area contributed by atoms with Crippen LogP contribution in [0.3, 0.4) is 0 Å². The van der Waals surface area contributed by atoms with Crippen molar-refractivity contribution in [1.29, 1.82) is 0 Å². The lowest BCUT2D eigenvalue weighted by Gasteiger charge is -2.23. The maximum absolute atomic E-state index is 12.0. The zero-order valence-corrected chi connectivity index (χ0v) is 10.8. The lowest BCUT2D eigenvalue weighted by molar-refractivity contribution is -0.0377. The zero-order chi connectivity index (χ0) is 14.4. The number of hydrogen-bond donors (Lipinski definition) is 1. The van der Waals surface area contributed by atoms with Crippen molar-refractivity contribution in [3.8, 4) is 11.5 Å². The molecule has 2 amide bonds. The Hall–Kier alpha value is -2.60. The number of ether oxygens (including phenoxy) is 2. The molecule has 0 aromatic heterocycles. The molecule has 0 saturated heterocycles. The minimum atomic E-state index is -0.778. The van der Waals surface area contributed by atoms with Gasteiger partial charge in [-0.2, -0.15) is 0 Å². The molecule has 1 aliphatic heterocycles. The van der Waals surface area contributed by atoms with Crippen LogP contribution >= 0.6 is 0 Å². The van der Waals surface area contributed by atoms with Crippen molar-refractivity contribution in [1.82, 2.24) is 5.06 Å². The van der Waals surface area contributed by atoms with Gasteiger partial charge in [0.2, 0.25) is 0 Å². The van der Waals surface area contributed by atoms with Crippen molar-refractivity contribution in [2.75, 3.05) is 14.2 Å². The summed E-state index contributed by atoms with van der Waals surface area (Å²) in [5, 5.41) is 10.8. The molecular weight excluding hydrogens is 262 g/mol. The number of nitrogens with zero attached hydrogens (tertiary/aromatic N) is 1. The molecule has 20 heavy (non-hydrogen) atoms. The van der Waals surface area contributed by atoms with Crippen LogP contribution in [0.15, 0.2) is 24.3 Å². The maximum atomic E-state index is 12.0. The van der Waals surface area contributed by atoms with Crippen LogP contribution in [0.2, 0.25) is 0 Å². The molecule has 0 bridgehead atoms. The van der Waals surface area contributed by atoms with E-state index in [9.17, 15) is 14.8 Å². The summed E-state index contributed by atoms with van der Waals surface area (Å²) in [5.41, 5.74) is 0.455. The van der Waals surface area contributed by atoms with E-state index < -0.39 is 11.8 Å². The van der Waals surface area contributed by atoms with Gasteiger partial charge in [-0.3, -0.25) is 14.8 Å². The van der Waals surface area contributed by atoms with Gasteiger partial charge in [-0.1, -0.05) is 12.1 Å². The fourth-order valence-corrected chi connectivity index (χ4v) is 2.46. The van der Waals surface area contributed by atoms with Crippen LogP contribution in [0.1, 0.15) is 20.7 Å². The predicted molar refractivity (Wildman–Crippen MR) is 69.3 cm³/mol. The highest BCUT2D eigenvalue weighted by Crippen LogP contribution is 2.41. The fourth-order valence-electron chi connectivity index (χ4n) is 2.46. The molecule has 1 N–H and O–H groups in total. The Morgan fingerprint density at radius 2 is 1.75 bits per heavy atom. The van der Waals surface area contributed by atoms with Gasteiger partial charge in [0.15, 0.2) is 11.5 Å². The molecule has 0 radical (unpaired) electrons. The van der Waals surface area contributed by atoms with Gasteiger partial charge >= 0.3 is 0 Å². The minimum Gasteiger partial charge on any atom is -0.493 e. The van der Waals surface area contributed by atoms with Crippen LogP contribution in [0.4, 0.5) is 0 Å². The third-order valence-electron chi connectivity index (χ3n) is 3.35. The summed E-state index contributed by atoms with van der Waals surface area (Å²) in [5.74, 6) is -0.719. The maximum Gasteiger partial charge on any atom is 0.285 e. The van der Waals surface area contributed by atoms with Crippen LogP contribution in [0.25, 0.3) is 10.8 Å². The standard InChI is InChI=1S/C14H11NO5/c1-19-10-6-9-11-7(12(10)20-2)4-3-5-8(11)13(16)15(18)14(9)17/h3-6,18H,1-2H3. The first-order chi connectivity index (χ1) is 9.60. The summed E-state index contributed by atoms with van der Waals surface area (Å²) in [6.07, 6.45) is 0. The Labute approximate surface area is 114 Å². The summed E-state index contributed by atoms with van der Waals surface area (Å²) in [6, 6.07) is 6.40. The van der Waals surface area contributed by atoms with Crippen molar-refractivity contribution < 1.29 is 24.3 Å². The normalized spacial score (nSPS) is 13.8. The molecule has 102 valence electrons. The largest absolute Gasteiger partial charge is 0.493 e. The highest BCUT2D eigenvalue weighted by Gasteiger charge is 2.34. The molecule has 1 aliphatic rings. The number of amides is 2. The lowest BCUT2D eigenvalue weighted by atomic mass is 9.94. The number of benzene rings is 2. The SMILES string of the molecule is COc1cc2c3c(cccc3c1OC)C(=O)N(O)C2=O. The van der Waals surface area contributed by atoms with Crippen LogP contribution < -0.4 is 9.47 Å². The highest BCUT2D eigenvalue weighted by molar-refractivity contribution is 6.25. The summed E-state index contributed by atoms with van der Waals surface area (Å²) in [6.45, 7) is 0.